The number of carboxylic acid groups (broad SMARTS) is 1. The van der Waals surface area contributed by atoms with Crippen LogP contribution in [-0.2, 0) is 64.1 Å². The van der Waals surface area contributed by atoms with E-state index in [0.717, 1.165) is 64.9 Å². The van der Waals surface area contributed by atoms with Gasteiger partial charge in [-0.3, -0.25) is 48.2 Å². The summed E-state index contributed by atoms with van der Waals surface area (Å²) in [5.41, 5.74) is 9.73. The lowest BCUT2D eigenvalue weighted by atomic mass is 9.39. The van der Waals surface area contributed by atoms with Gasteiger partial charge in [-0.2, -0.15) is 5.10 Å². The number of anilines is 3. The van der Waals surface area contributed by atoms with Gasteiger partial charge in [0.15, 0.2) is 10.8 Å². The lowest BCUT2D eigenvalue weighted by Crippen LogP contribution is -2.64. The van der Waals surface area contributed by atoms with Crippen LogP contribution in [-0.4, -0.2) is 168 Å². The van der Waals surface area contributed by atoms with Gasteiger partial charge in [0.25, 0.3) is 17.7 Å². The summed E-state index contributed by atoms with van der Waals surface area (Å²) in [6, 6.07) is 18.3. The number of hydrogen-bond acceptors (Lipinski definition) is 18. The summed E-state index contributed by atoms with van der Waals surface area (Å²) in [6.07, 6.45) is 11.3. The van der Waals surface area contributed by atoms with E-state index in [2.05, 4.69) is 45.4 Å². The molecule has 9 amide bonds. The number of carboxylic acids is 1. The number of hydrogen-bond donors (Lipinski definition) is 9. The van der Waals surface area contributed by atoms with Crippen molar-refractivity contribution in [3.63, 3.8) is 0 Å². The number of pyridine rings is 1. The van der Waals surface area contributed by atoms with Crippen LogP contribution < -0.4 is 42.0 Å². The number of unbranched alkanes of at least 4 members (excludes halogenated alkanes) is 2. The number of fused-ring (bicyclic) bond motifs is 2. The predicted octanol–water partition coefficient (Wildman–Crippen LogP) is 9.23. The number of aromatic nitrogens is 4. The molecule has 4 atom stereocenters. The van der Waals surface area contributed by atoms with Crippen LogP contribution in [0.5, 0.6) is 5.75 Å². The van der Waals surface area contributed by atoms with Gasteiger partial charge in [0.05, 0.1) is 41.4 Å². The van der Waals surface area contributed by atoms with Crippen LogP contribution in [0.3, 0.4) is 0 Å². The molecule has 3 aromatic carbocycles. The zero-order valence-electron chi connectivity index (χ0n) is 60.6. The molecule has 6 aromatic rings. The maximum Gasteiger partial charge on any atom is 0.409 e. The number of primary amides is 1. The fourth-order valence-electron chi connectivity index (χ4n) is 16.9. The van der Waals surface area contributed by atoms with Gasteiger partial charge in [-0.05, 0) is 166 Å². The topological polar surface area (TPSA) is 399 Å². The van der Waals surface area contributed by atoms with Crippen molar-refractivity contribution in [2.24, 2.45) is 27.9 Å². The van der Waals surface area contributed by atoms with Gasteiger partial charge in [-0.1, -0.05) is 69.7 Å². The second-order valence-electron chi connectivity index (χ2n) is 30.1. The van der Waals surface area contributed by atoms with E-state index in [0.29, 0.717) is 89.0 Å². The molecule has 12 rings (SSSR count). The number of ether oxygens (including phenoxy) is 3. The largest absolute Gasteiger partial charge is 0.493 e. The van der Waals surface area contributed by atoms with Crippen molar-refractivity contribution in [3.05, 3.63) is 125 Å². The van der Waals surface area contributed by atoms with E-state index in [1.54, 1.807) is 75.6 Å². The van der Waals surface area contributed by atoms with E-state index >= 15 is 0 Å². The number of amides is 9. The van der Waals surface area contributed by atoms with Crippen molar-refractivity contribution in [2.75, 3.05) is 68.1 Å². The van der Waals surface area contributed by atoms with Crippen molar-refractivity contribution in [1.29, 1.82) is 0 Å². The molecule has 4 fully saturated rings. The number of carbonyl (C=O) groups is 9. The number of para-hydroxylation sites is 1. The second kappa shape index (κ2) is 32.6. The third-order valence-corrected chi connectivity index (χ3v) is 22.6. The molecule has 2 unspecified atom stereocenters. The molecular weight excluding hydrogens is 1400 g/mol. The quantitative estimate of drug-likeness (QED) is 0.0103. The highest BCUT2D eigenvalue weighted by molar-refractivity contribution is 7.51. The van der Waals surface area contributed by atoms with Crippen molar-refractivity contribution in [3.8, 4) is 16.9 Å². The predicted molar refractivity (Wildman–Crippen MR) is 396 cm³/mol. The normalized spacial score (nSPS) is 20.7. The highest BCUT2D eigenvalue weighted by Crippen LogP contribution is 2.72. The summed E-state index contributed by atoms with van der Waals surface area (Å²) in [5, 5.41) is 30.1. The van der Waals surface area contributed by atoms with Crippen LogP contribution in [0.1, 0.15) is 154 Å². The highest BCUT2D eigenvalue weighted by atomic mass is 32.1. The summed E-state index contributed by atoms with van der Waals surface area (Å²) >= 11 is 1.35. The number of urea groups is 1. The van der Waals surface area contributed by atoms with E-state index in [9.17, 15) is 62.6 Å². The van der Waals surface area contributed by atoms with Crippen molar-refractivity contribution >= 4 is 99.3 Å². The van der Waals surface area contributed by atoms with Gasteiger partial charge in [0.1, 0.15) is 30.3 Å². The number of imide groups is 1. The number of likely N-dealkylation sites (N-methyl/N-ethyl adjacent to an activating group) is 1. The smallest absolute Gasteiger partial charge is 0.409 e. The number of nitrogens with two attached hydrogens (primary N) is 1. The molecule has 3 aromatic heterocycles. The fraction of sp³-hybridized carbons (Fsp3) is 0.493. The first kappa shape index (κ1) is 77.5. The van der Waals surface area contributed by atoms with Gasteiger partial charge in [0.2, 0.25) is 17.7 Å². The van der Waals surface area contributed by atoms with Crippen molar-refractivity contribution in [2.45, 2.75) is 162 Å². The SMILES string of the molecule is Cc1c(-c2ccc(N3CCc4c(OCCCP(=O)(O)O)ccc(C(=O)Nc5nc6ccccc6s5)c4C3)nc2C(=O)O)cnn1CC12CC3(C)CC(C)(C1)CC(OCCN(C)C(=O)OCc1ccc(NC(=O)[C@H](CCCNC(N)=O)NC(=O)[C@@H](NC(=O)CCCCCN4C(=O)C=CC4=O)C(C)C)cc1)(C3)C2. The standard InChI is InChI=1S/C75H94N13O16PS/c1-46(2)63(83-60(89)17-8-7-11-30-87-61(90)26-27-62(87)91)67(94)80-56(15-12-29-77-69(76)97)66(93)79-49-20-18-48(19-21-49)38-103-71(98)85(6)32-34-104-75-42-72(4)39-73(5,43-75)41-74(40-72,44-75)45-88-47(3)53(36-78-88)51-23-25-59(82-64(51)68(95)96)86-31-28-50-54(37-86)52(22-24-57(50)102-33-13-35-105(99,100)101)65(92)84-70-81-55-14-9-10-16-58(55)106-70/h9-10,14,16,18-27,36,46,56,63H,7-8,11-13,15,17,28-35,37-45H2,1-6H3,(H,79,93)(H,80,94)(H,83,89)(H,95,96)(H3,76,77,97)(H,81,84,92)(H2,99,100,101)/t56-,63-,72?,73?,74?,75?/m0/s1. The first-order valence-electron chi connectivity index (χ1n) is 36.0. The minimum atomic E-state index is -4.24. The Morgan fingerprint density at radius 1 is 0.802 bits per heavy atom. The van der Waals surface area contributed by atoms with Crippen LogP contribution >= 0.6 is 18.9 Å². The molecule has 5 heterocycles. The molecule has 2 aliphatic heterocycles. The summed E-state index contributed by atoms with van der Waals surface area (Å²) in [5.74, 6) is -3.32. The Labute approximate surface area is 618 Å². The monoisotopic (exact) mass is 1500 g/mol. The van der Waals surface area contributed by atoms with Crippen LogP contribution in [0.15, 0.2) is 91.1 Å². The molecule has 566 valence electrons. The molecule has 6 aliphatic rings. The molecule has 4 aliphatic carbocycles. The van der Waals surface area contributed by atoms with Gasteiger partial charge in [-0.15, -0.1) is 0 Å². The van der Waals surface area contributed by atoms with E-state index in [1.165, 1.54) is 28.4 Å². The number of aromatic carboxylic acids is 1. The van der Waals surface area contributed by atoms with Crippen LogP contribution in [0.25, 0.3) is 21.3 Å². The molecule has 4 bridgehead atoms. The number of nitrogens with zero attached hydrogens (tertiary/aromatic N) is 7. The van der Waals surface area contributed by atoms with Crippen LogP contribution in [0.2, 0.25) is 0 Å². The Balaban J connectivity index is 0.683. The fourth-order valence-corrected chi connectivity index (χ4v) is 18.3. The Morgan fingerprint density at radius 2 is 1.54 bits per heavy atom. The molecule has 31 heteroatoms. The van der Waals surface area contributed by atoms with Crippen molar-refractivity contribution < 1.29 is 76.8 Å². The number of benzene rings is 3. The molecule has 10 N–H and O–H groups in total. The molecular formula is C75H94N13O16PS. The lowest BCUT2D eigenvalue weighted by Gasteiger charge is -2.69. The molecule has 4 saturated carbocycles. The third-order valence-electron chi connectivity index (χ3n) is 20.7. The van der Waals surface area contributed by atoms with E-state index < -0.39 is 61.1 Å². The third kappa shape index (κ3) is 19.0. The molecule has 0 radical (unpaired) electrons. The van der Waals surface area contributed by atoms with Gasteiger partial charge < -0.3 is 65.9 Å². The zero-order chi connectivity index (χ0) is 75.9. The first-order valence-corrected chi connectivity index (χ1v) is 38.6. The summed E-state index contributed by atoms with van der Waals surface area (Å²) in [7, 11) is -2.59. The van der Waals surface area contributed by atoms with Crippen LogP contribution in [0.4, 0.5) is 26.2 Å². The van der Waals surface area contributed by atoms with E-state index in [1.807, 2.05) is 40.8 Å². The number of nitrogens with one attached hydrogen (secondary N) is 5. The van der Waals surface area contributed by atoms with E-state index in [-0.39, 0.29) is 123 Å². The number of rotatable bonds is 34. The molecule has 106 heavy (non-hydrogen) atoms. The molecule has 0 saturated heterocycles. The minimum absolute atomic E-state index is 0.0313. The minimum Gasteiger partial charge on any atom is -0.493 e. The summed E-state index contributed by atoms with van der Waals surface area (Å²) in [4.78, 5) is 150. The first-order chi connectivity index (χ1) is 50.4. The number of thiazole rings is 1. The maximum atomic E-state index is 14.2. The summed E-state index contributed by atoms with van der Waals surface area (Å²) < 4.78 is 33.3. The molecule has 29 nitrogen and oxygen atoms in total. The zero-order valence-corrected chi connectivity index (χ0v) is 62.3. The Morgan fingerprint density at radius 3 is 2.24 bits per heavy atom. The molecule has 0 spiro atoms. The Hall–Kier alpha value is -9.61. The van der Waals surface area contributed by atoms with Gasteiger partial charge in [0, 0.05) is 98.5 Å². The van der Waals surface area contributed by atoms with E-state index in [4.69, 9.17) is 30.0 Å². The Kier molecular flexibility index (Phi) is 23.9. The highest BCUT2D eigenvalue weighted by Gasteiger charge is 2.66. The van der Waals surface area contributed by atoms with Crippen molar-refractivity contribution in [1.82, 2.24) is 45.5 Å². The number of carbonyl (C=O) groups excluding carboxylic acids is 8. The van der Waals surface area contributed by atoms with Gasteiger partial charge in [-0.25, -0.2) is 24.4 Å². The maximum absolute atomic E-state index is 14.2. The average molecular weight is 1500 g/mol. The van der Waals surface area contributed by atoms with Crippen LogP contribution in [0, 0.1) is 29.1 Å². The lowest BCUT2D eigenvalue weighted by molar-refractivity contribution is -0.248. The second-order valence-corrected chi connectivity index (χ2v) is 32.9. The average Bonchev–Trinajstić information content (AvgIpc) is 0.764. The Bertz CT molecular complexity index is 4350. The summed E-state index contributed by atoms with van der Waals surface area (Å²) in [6.45, 7) is 12.2. The van der Waals surface area contributed by atoms with Gasteiger partial charge >= 0.3 is 25.7 Å².